The number of anilines is 1. The van der Waals surface area contributed by atoms with Crippen LogP contribution in [-0.4, -0.2) is 31.9 Å². The third kappa shape index (κ3) is 3.40. The monoisotopic (exact) mass is 310 g/mol. The van der Waals surface area contributed by atoms with E-state index in [9.17, 15) is 8.42 Å². The van der Waals surface area contributed by atoms with Crippen molar-refractivity contribution in [3.63, 3.8) is 0 Å². The number of sulfonamides is 1. The first-order valence-electron chi connectivity index (χ1n) is 7.83. The van der Waals surface area contributed by atoms with Gasteiger partial charge in [0, 0.05) is 19.1 Å². The number of para-hydroxylation sites is 1. The van der Waals surface area contributed by atoms with Crippen LogP contribution in [0, 0.1) is 5.92 Å². The fourth-order valence-electron chi connectivity index (χ4n) is 2.95. The maximum atomic E-state index is 13.0. The van der Waals surface area contributed by atoms with Gasteiger partial charge in [0.05, 0.1) is 5.69 Å². The number of rotatable bonds is 6. The van der Waals surface area contributed by atoms with Gasteiger partial charge < -0.3 is 5.32 Å². The Morgan fingerprint density at radius 2 is 2.05 bits per heavy atom. The molecule has 0 radical (unpaired) electrons. The number of nitrogens with one attached hydrogen (secondary N) is 1. The first kappa shape index (κ1) is 16.3. The van der Waals surface area contributed by atoms with Gasteiger partial charge in [-0.2, -0.15) is 4.31 Å². The van der Waals surface area contributed by atoms with E-state index < -0.39 is 10.0 Å². The van der Waals surface area contributed by atoms with Gasteiger partial charge in [0.2, 0.25) is 10.0 Å². The molecular weight excluding hydrogens is 284 g/mol. The number of hydrogen-bond donors (Lipinski definition) is 1. The van der Waals surface area contributed by atoms with E-state index in [0.717, 1.165) is 25.8 Å². The molecule has 0 saturated carbocycles. The van der Waals surface area contributed by atoms with Crippen molar-refractivity contribution in [1.29, 1.82) is 0 Å². The molecule has 1 aliphatic heterocycles. The molecule has 1 unspecified atom stereocenters. The summed E-state index contributed by atoms with van der Waals surface area (Å²) >= 11 is 0. The van der Waals surface area contributed by atoms with Gasteiger partial charge >= 0.3 is 0 Å². The fraction of sp³-hybridized carbons (Fsp3) is 0.625. The average Bonchev–Trinajstić information content (AvgIpc) is 2.96. The molecular formula is C16H26N2O2S. The summed E-state index contributed by atoms with van der Waals surface area (Å²) in [6, 6.07) is 7.35. The Bertz CT molecular complexity index is 569. The van der Waals surface area contributed by atoms with Crippen LogP contribution in [0.15, 0.2) is 29.2 Å². The van der Waals surface area contributed by atoms with E-state index in [4.69, 9.17) is 0 Å². The maximum Gasteiger partial charge on any atom is 0.245 e. The molecule has 0 aromatic heterocycles. The van der Waals surface area contributed by atoms with Crippen molar-refractivity contribution in [2.75, 3.05) is 18.4 Å². The standard InChI is InChI=1S/C16H26N2O2S/c1-4-11-17-14-8-5-6-10-16(14)21(19,20)18-12-7-9-15(18)13(2)3/h5-6,8,10,13,15,17H,4,7,9,11-12H2,1-3H3. The molecule has 118 valence electrons. The van der Waals surface area contributed by atoms with Gasteiger partial charge in [-0.3, -0.25) is 0 Å². The molecule has 1 saturated heterocycles. The van der Waals surface area contributed by atoms with Crippen LogP contribution in [0.1, 0.15) is 40.0 Å². The zero-order chi connectivity index (χ0) is 15.5. The van der Waals surface area contributed by atoms with Crippen molar-refractivity contribution >= 4 is 15.7 Å². The maximum absolute atomic E-state index is 13.0. The van der Waals surface area contributed by atoms with Crippen molar-refractivity contribution in [3.8, 4) is 0 Å². The van der Waals surface area contributed by atoms with Crippen LogP contribution in [0.3, 0.4) is 0 Å². The van der Waals surface area contributed by atoms with E-state index in [1.165, 1.54) is 0 Å². The smallest absolute Gasteiger partial charge is 0.245 e. The van der Waals surface area contributed by atoms with E-state index >= 15 is 0 Å². The SMILES string of the molecule is CCCNc1ccccc1S(=O)(=O)N1CCCC1C(C)C. The highest BCUT2D eigenvalue weighted by Gasteiger charge is 2.37. The lowest BCUT2D eigenvalue weighted by atomic mass is 10.0. The molecule has 1 atom stereocenters. The first-order valence-corrected chi connectivity index (χ1v) is 9.27. The van der Waals surface area contributed by atoms with Gasteiger partial charge in [0.25, 0.3) is 0 Å². The van der Waals surface area contributed by atoms with E-state index in [1.807, 2.05) is 12.1 Å². The molecule has 1 fully saturated rings. The zero-order valence-electron chi connectivity index (χ0n) is 13.2. The summed E-state index contributed by atoms with van der Waals surface area (Å²) in [5.41, 5.74) is 0.716. The molecule has 0 aliphatic carbocycles. The van der Waals surface area contributed by atoms with Crippen LogP contribution in [-0.2, 0) is 10.0 Å². The number of benzene rings is 1. The lowest BCUT2D eigenvalue weighted by Crippen LogP contribution is -2.38. The molecule has 0 spiro atoms. The predicted molar refractivity (Wildman–Crippen MR) is 87.0 cm³/mol. The summed E-state index contributed by atoms with van der Waals surface area (Å²) in [6.45, 7) is 7.67. The van der Waals surface area contributed by atoms with Crippen LogP contribution < -0.4 is 5.32 Å². The van der Waals surface area contributed by atoms with Gasteiger partial charge in [-0.15, -0.1) is 0 Å². The van der Waals surface area contributed by atoms with Gasteiger partial charge in [-0.1, -0.05) is 32.9 Å². The quantitative estimate of drug-likeness (QED) is 0.877. The number of nitrogens with zero attached hydrogens (tertiary/aromatic N) is 1. The lowest BCUT2D eigenvalue weighted by molar-refractivity contribution is 0.316. The van der Waals surface area contributed by atoms with Crippen molar-refractivity contribution in [3.05, 3.63) is 24.3 Å². The molecule has 1 aliphatic rings. The van der Waals surface area contributed by atoms with E-state index in [0.29, 0.717) is 23.0 Å². The van der Waals surface area contributed by atoms with E-state index in [-0.39, 0.29) is 6.04 Å². The molecule has 1 aromatic rings. The van der Waals surface area contributed by atoms with Crippen LogP contribution in [0.2, 0.25) is 0 Å². The van der Waals surface area contributed by atoms with Gasteiger partial charge in [0.15, 0.2) is 0 Å². The Balaban J connectivity index is 2.35. The van der Waals surface area contributed by atoms with Crippen molar-refractivity contribution in [1.82, 2.24) is 4.31 Å². The molecule has 1 N–H and O–H groups in total. The largest absolute Gasteiger partial charge is 0.384 e. The summed E-state index contributed by atoms with van der Waals surface area (Å²) in [7, 11) is -3.42. The zero-order valence-corrected chi connectivity index (χ0v) is 14.0. The van der Waals surface area contributed by atoms with Crippen LogP contribution >= 0.6 is 0 Å². The molecule has 5 heteroatoms. The van der Waals surface area contributed by atoms with E-state index in [2.05, 4.69) is 26.1 Å². The lowest BCUT2D eigenvalue weighted by Gasteiger charge is -2.27. The first-order chi connectivity index (χ1) is 9.98. The summed E-state index contributed by atoms with van der Waals surface area (Å²) in [4.78, 5) is 0.408. The Labute approximate surface area is 128 Å². The second kappa shape index (κ2) is 6.79. The van der Waals surface area contributed by atoms with Gasteiger partial charge in [-0.05, 0) is 37.3 Å². The molecule has 4 nitrogen and oxygen atoms in total. The Hall–Kier alpha value is -1.07. The molecule has 0 amide bonds. The topological polar surface area (TPSA) is 49.4 Å². The predicted octanol–water partition coefficient (Wildman–Crippen LogP) is 3.32. The molecule has 2 rings (SSSR count). The summed E-state index contributed by atoms with van der Waals surface area (Å²) in [5.74, 6) is 0.345. The Morgan fingerprint density at radius 1 is 1.33 bits per heavy atom. The second-order valence-corrected chi connectivity index (χ2v) is 7.85. The van der Waals surface area contributed by atoms with Crippen molar-refractivity contribution in [2.24, 2.45) is 5.92 Å². The van der Waals surface area contributed by atoms with Crippen molar-refractivity contribution < 1.29 is 8.42 Å². The molecule has 1 aromatic carbocycles. The Kier molecular flexibility index (Phi) is 5.27. The summed E-state index contributed by atoms with van der Waals surface area (Å²) < 4.78 is 27.7. The van der Waals surface area contributed by atoms with Crippen LogP contribution in [0.25, 0.3) is 0 Å². The van der Waals surface area contributed by atoms with Crippen LogP contribution in [0.5, 0.6) is 0 Å². The average molecular weight is 310 g/mol. The number of hydrogen-bond acceptors (Lipinski definition) is 3. The summed E-state index contributed by atoms with van der Waals surface area (Å²) in [5, 5.41) is 3.23. The normalized spacial score (nSPS) is 20.1. The third-order valence-electron chi connectivity index (χ3n) is 4.06. The van der Waals surface area contributed by atoms with E-state index in [1.54, 1.807) is 16.4 Å². The minimum atomic E-state index is -3.42. The van der Waals surface area contributed by atoms with Gasteiger partial charge in [0.1, 0.15) is 4.90 Å². The Morgan fingerprint density at radius 3 is 2.71 bits per heavy atom. The molecule has 1 heterocycles. The highest BCUT2D eigenvalue weighted by molar-refractivity contribution is 7.89. The van der Waals surface area contributed by atoms with Crippen LogP contribution in [0.4, 0.5) is 5.69 Å². The minimum Gasteiger partial charge on any atom is -0.384 e. The highest BCUT2D eigenvalue weighted by Crippen LogP contribution is 2.32. The minimum absolute atomic E-state index is 0.120. The molecule has 0 bridgehead atoms. The van der Waals surface area contributed by atoms with Gasteiger partial charge in [-0.25, -0.2) is 8.42 Å². The summed E-state index contributed by atoms with van der Waals surface area (Å²) in [6.07, 6.45) is 2.88. The highest BCUT2D eigenvalue weighted by atomic mass is 32.2. The third-order valence-corrected chi connectivity index (χ3v) is 6.04. The molecule has 21 heavy (non-hydrogen) atoms. The fourth-order valence-corrected chi connectivity index (χ4v) is 4.95. The van der Waals surface area contributed by atoms with Crippen molar-refractivity contribution in [2.45, 2.75) is 51.0 Å². The second-order valence-electron chi connectivity index (χ2n) is 5.99.